The number of para-hydroxylation sites is 2. The first-order valence-corrected chi connectivity index (χ1v) is 46.8. The summed E-state index contributed by atoms with van der Waals surface area (Å²) < 4.78 is 145. The fraction of sp³-hybridized carbons (Fsp3) is 0.0455. The van der Waals surface area contributed by atoms with Crippen LogP contribution in [0, 0.1) is 0 Å². The van der Waals surface area contributed by atoms with Crippen LogP contribution in [-0.2, 0) is 16.2 Å². The summed E-state index contributed by atoms with van der Waals surface area (Å²) in [7, 11) is 0. The lowest BCUT2D eigenvalue weighted by molar-refractivity contribution is 0.590. The zero-order chi connectivity index (χ0) is 103. The Morgan fingerprint density at radius 3 is 0.934 bits per heavy atom. The third kappa shape index (κ3) is 12.2. The van der Waals surface area contributed by atoms with Crippen molar-refractivity contribution in [2.24, 2.45) is 0 Å². The van der Waals surface area contributed by atoms with E-state index in [2.05, 4.69) is 358 Å². The van der Waals surface area contributed by atoms with Gasteiger partial charge in [-0.1, -0.05) is 409 Å². The highest BCUT2D eigenvalue weighted by atomic mass is 15.2. The van der Waals surface area contributed by atoms with Gasteiger partial charge in [-0.15, -0.1) is 0 Å². The number of rotatable bonds is 14. The van der Waals surface area contributed by atoms with E-state index in [0.717, 1.165) is 156 Å². The monoisotopic (exact) mass is 1760 g/mol. The Kier molecular flexibility index (Phi) is 15.1. The molecule has 0 amide bonds. The average Bonchev–Trinajstić information content (AvgIpc) is 1.53. The molecule has 137 heavy (non-hydrogen) atoms. The number of hydrogen-bond donors (Lipinski definition) is 0. The quantitative estimate of drug-likeness (QED) is 0.101. The van der Waals surface area contributed by atoms with Gasteiger partial charge in [-0.3, -0.25) is 0 Å². The summed E-state index contributed by atoms with van der Waals surface area (Å²) in [5, 5.41) is 0.206. The van der Waals surface area contributed by atoms with E-state index in [1.807, 2.05) is 60.7 Å². The second-order valence-electron chi connectivity index (χ2n) is 37.3. The average molecular weight is 1760 g/mol. The molecule has 0 unspecified atom stereocenters. The highest BCUT2D eigenvalue weighted by molar-refractivity contribution is 7.00. The largest absolute Gasteiger partial charge is 0.311 e. The lowest BCUT2D eigenvalue weighted by Crippen LogP contribution is -2.61. The van der Waals surface area contributed by atoms with Crippen molar-refractivity contribution in [2.75, 3.05) is 9.80 Å². The molecule has 21 aromatic carbocycles. The van der Waals surface area contributed by atoms with Gasteiger partial charge in [0.15, 0.2) is 0 Å². The fourth-order valence-electron chi connectivity index (χ4n) is 23.0. The predicted molar refractivity (Wildman–Crippen MR) is 575 cm³/mol. The van der Waals surface area contributed by atoms with Crippen LogP contribution in [0.3, 0.4) is 0 Å². The number of hydrogen-bond acceptors (Lipinski definition) is 2. The van der Waals surface area contributed by atoms with Crippen molar-refractivity contribution in [1.29, 1.82) is 0 Å². The summed E-state index contributed by atoms with van der Waals surface area (Å²) in [5.74, 6) is 0. The van der Waals surface area contributed by atoms with Crippen LogP contribution < -0.4 is 26.2 Å². The van der Waals surface area contributed by atoms with Crippen molar-refractivity contribution in [2.45, 2.75) is 37.0 Å². The van der Waals surface area contributed by atoms with Crippen LogP contribution in [0.25, 0.3) is 144 Å². The van der Waals surface area contributed by atoms with Crippen LogP contribution in [0.2, 0.25) is 0 Å². The van der Waals surface area contributed by atoms with Crippen LogP contribution in [-0.4, -0.2) is 15.8 Å². The van der Waals surface area contributed by atoms with Gasteiger partial charge in [-0.2, -0.15) is 0 Å². The van der Waals surface area contributed by atoms with E-state index >= 15 is 0 Å². The number of aromatic nitrogens is 2. The molecule has 0 saturated heterocycles. The van der Waals surface area contributed by atoms with Gasteiger partial charge in [-0.05, 0) is 259 Å². The highest BCUT2D eigenvalue weighted by Crippen LogP contribution is 2.61. The molecule has 2 aliphatic carbocycles. The third-order valence-corrected chi connectivity index (χ3v) is 29.1. The Morgan fingerprint density at radius 1 is 0.234 bits per heavy atom. The molecule has 4 heterocycles. The summed E-state index contributed by atoms with van der Waals surface area (Å²) in [5.41, 5.74) is 27.9. The highest BCUT2D eigenvalue weighted by Gasteiger charge is 2.50. The summed E-state index contributed by atoms with van der Waals surface area (Å²) >= 11 is 0. The Balaban J connectivity index is 0.796. The molecule has 0 bridgehead atoms. The SMILES string of the molecule is [2H]c1c([2H])c([2H])c2c(c1[2H])c1c([2H])c(-c3ccccc3)c([2H])c([2H])c1n2-c1ccc2c(c1)N(c1ccc(-c3ccccc3)cc1-c1ccc3c(c1)-c1ccccc1C3(c1ccccc1)c1ccccc1)c1cc(C(C)(C)C)cc3c1B2c1ccc(-n2c4c([2H])c([2H])c([2H])c([2H])c4c4c([2H])c(-c5ccccc5)c([2H])c([2H])c42)cc1N3c1ccc(-c2ccccc2)cc1-c1ccc2c(c1)-c1ccccc1C2(c1ccccc1)c1ccccc1. The first kappa shape index (κ1) is 66.3. The van der Waals surface area contributed by atoms with Crippen molar-refractivity contribution in [3.63, 3.8) is 0 Å². The van der Waals surface area contributed by atoms with Gasteiger partial charge in [0.25, 0.3) is 6.71 Å². The molecular weight excluding hydrogens is 1650 g/mol. The van der Waals surface area contributed by atoms with E-state index in [1.54, 1.807) is 33.4 Å². The maximum Gasteiger partial charge on any atom is 0.252 e. The van der Waals surface area contributed by atoms with Crippen molar-refractivity contribution in [3.8, 4) is 100 Å². The van der Waals surface area contributed by atoms with Gasteiger partial charge in [0, 0.05) is 66.8 Å². The standard InChI is InChI=1S/C132H91BN4/c1-130(2,3)100-82-127-129-128(83-100)137(122-73-63-91(87-38-14-5-15-39-87)77-108(122)95-61-69-116-110(81-95)104-53-29-33-57-114(104)132(116,98-48-24-10-25-49-98)99-50-26-11-27-51-99)126-85-102(135-120-59-35-31-55-106(120)112-79-93(65-75-124(112)135)89-42-18-7-19-43-89)67-71-118(126)133(129)117-70-66-101(134-119-58-34-30-54-105(119)111-78-92(64-74-123(111)134)88-40-16-6-17-41-88)84-125(117)136(127)121-72-62-90(86-36-12-4-13-37-86)76-107(121)94-60-68-115-109(80-94)103-52-28-32-56-113(103)131(115,96-44-20-8-21-45-96)97-46-22-9-23-47-97/h4-85H,1-3H3/i30D,31D,34D,35D,54D,55D,58D,59D,64D,65D,74D,75D,78D,79D. The maximum absolute atomic E-state index is 10.5. The normalized spacial score (nSPS) is 14.9. The van der Waals surface area contributed by atoms with Gasteiger partial charge in [0.1, 0.15) is 0 Å². The molecule has 2 aromatic heterocycles. The van der Waals surface area contributed by atoms with Gasteiger partial charge in [0.2, 0.25) is 0 Å². The van der Waals surface area contributed by atoms with Crippen molar-refractivity contribution < 1.29 is 19.2 Å². The summed E-state index contributed by atoms with van der Waals surface area (Å²) in [6.07, 6.45) is 0. The van der Waals surface area contributed by atoms with Gasteiger partial charge < -0.3 is 18.9 Å². The minimum absolute atomic E-state index is 0.0118. The van der Waals surface area contributed by atoms with Crippen LogP contribution >= 0.6 is 0 Å². The third-order valence-electron chi connectivity index (χ3n) is 29.1. The lowest BCUT2D eigenvalue weighted by Gasteiger charge is -2.46. The van der Waals surface area contributed by atoms with Crippen molar-refractivity contribution in [3.05, 3.63) is 547 Å². The van der Waals surface area contributed by atoms with Crippen LogP contribution in [0.15, 0.2) is 497 Å². The Hall–Kier alpha value is -17.1. The minimum Gasteiger partial charge on any atom is -0.311 e. The number of benzene rings is 21. The molecular formula is C132H91BN4. The molecule has 2 aliphatic heterocycles. The lowest BCUT2D eigenvalue weighted by atomic mass is 9.33. The smallest absolute Gasteiger partial charge is 0.252 e. The van der Waals surface area contributed by atoms with E-state index < -0.39 is 71.3 Å². The Bertz CT molecular complexity index is 9100. The summed E-state index contributed by atoms with van der Waals surface area (Å²) in [4.78, 5) is 4.75. The Labute approximate surface area is 818 Å². The van der Waals surface area contributed by atoms with E-state index in [0.29, 0.717) is 33.9 Å². The maximum atomic E-state index is 10.5. The molecule has 0 radical (unpaired) electrons. The molecule has 642 valence electrons. The van der Waals surface area contributed by atoms with Gasteiger partial charge in [-0.25, -0.2) is 0 Å². The molecule has 0 N–H and O–H groups in total. The number of nitrogens with zero attached hydrogens (tertiary/aromatic N) is 4. The molecule has 5 heteroatoms. The zero-order valence-corrected chi connectivity index (χ0v) is 75.1. The molecule has 4 aliphatic rings. The van der Waals surface area contributed by atoms with Gasteiger partial charge >= 0.3 is 0 Å². The second kappa shape index (κ2) is 31.3. The molecule has 27 rings (SSSR count). The van der Waals surface area contributed by atoms with Crippen molar-refractivity contribution in [1.82, 2.24) is 9.13 Å². The summed E-state index contributed by atoms with van der Waals surface area (Å²) in [6.45, 7) is 5.87. The van der Waals surface area contributed by atoms with E-state index in [1.165, 1.54) is 0 Å². The van der Waals surface area contributed by atoms with Gasteiger partial charge in [0.05, 0.1) is 63.5 Å². The molecule has 4 nitrogen and oxygen atoms in total. The molecule has 0 saturated carbocycles. The summed E-state index contributed by atoms with van der Waals surface area (Å²) in [6, 6.07) is 138. The van der Waals surface area contributed by atoms with E-state index in [-0.39, 0.29) is 91.0 Å². The van der Waals surface area contributed by atoms with Crippen molar-refractivity contribution >= 4 is 101 Å². The number of anilines is 6. The first-order valence-electron chi connectivity index (χ1n) is 53.8. The molecule has 23 aromatic rings. The topological polar surface area (TPSA) is 16.3 Å². The Morgan fingerprint density at radius 2 is 0.555 bits per heavy atom. The van der Waals surface area contributed by atoms with E-state index in [9.17, 15) is 19.2 Å². The van der Waals surface area contributed by atoms with E-state index in [4.69, 9.17) is 0 Å². The van der Waals surface area contributed by atoms with Crippen LogP contribution in [0.4, 0.5) is 34.1 Å². The van der Waals surface area contributed by atoms with Crippen LogP contribution in [0.1, 0.15) is 90.0 Å². The molecule has 0 atom stereocenters. The van der Waals surface area contributed by atoms with Crippen LogP contribution in [0.5, 0.6) is 0 Å². The minimum atomic E-state index is -0.787. The fourth-order valence-corrected chi connectivity index (χ4v) is 23.0. The first-order chi connectivity index (χ1) is 73.4. The molecule has 0 fully saturated rings. The molecule has 0 spiro atoms. The second-order valence-corrected chi connectivity index (χ2v) is 37.3. The zero-order valence-electron chi connectivity index (χ0n) is 89.1. The predicted octanol–water partition coefficient (Wildman–Crippen LogP) is 32.0. The number of fused-ring (bicyclic) bond motifs is 16.